The number of aryl methyl sites for hydroxylation is 1. The van der Waals surface area contributed by atoms with Crippen LogP contribution in [0.25, 0.3) is 0 Å². The normalized spacial score (nSPS) is 10.7. The van der Waals surface area contributed by atoms with E-state index >= 15 is 0 Å². The van der Waals surface area contributed by atoms with E-state index in [0.29, 0.717) is 5.92 Å². The Morgan fingerprint density at radius 3 is 2.78 bits per heavy atom. The first-order valence-electron chi connectivity index (χ1n) is 6.27. The third-order valence-corrected chi connectivity index (χ3v) is 2.86. The van der Waals surface area contributed by atoms with Crippen molar-refractivity contribution in [3.8, 4) is 0 Å². The number of hydrogen-bond donors (Lipinski definition) is 1. The summed E-state index contributed by atoms with van der Waals surface area (Å²) >= 11 is 0. The Hall–Kier alpha value is -1.90. The summed E-state index contributed by atoms with van der Waals surface area (Å²) in [5.74, 6) is 1.36. The zero-order chi connectivity index (χ0) is 13.0. The Balaban J connectivity index is 2.04. The molecule has 0 atom stereocenters. The van der Waals surface area contributed by atoms with Crippen molar-refractivity contribution < 1.29 is 0 Å². The molecule has 0 aliphatic carbocycles. The van der Waals surface area contributed by atoms with Gasteiger partial charge in [-0.3, -0.25) is 0 Å². The molecule has 0 saturated carbocycles. The van der Waals surface area contributed by atoms with E-state index in [4.69, 9.17) is 0 Å². The average molecular weight is 241 g/mol. The molecular weight excluding hydrogens is 222 g/mol. The van der Waals surface area contributed by atoms with Gasteiger partial charge in [0.25, 0.3) is 0 Å². The molecule has 0 amide bonds. The van der Waals surface area contributed by atoms with Gasteiger partial charge in [-0.2, -0.15) is 0 Å². The minimum atomic E-state index is 0.549. The first-order chi connectivity index (χ1) is 8.65. The second-order valence-electron chi connectivity index (χ2n) is 4.73. The van der Waals surface area contributed by atoms with Crippen molar-refractivity contribution in [1.29, 1.82) is 0 Å². The minimum Gasteiger partial charge on any atom is -0.379 e. The highest BCUT2D eigenvalue weighted by Crippen LogP contribution is 2.18. The summed E-state index contributed by atoms with van der Waals surface area (Å²) in [6.45, 7) is 7.04. The first-order valence-corrected chi connectivity index (χ1v) is 6.27. The van der Waals surface area contributed by atoms with Crippen LogP contribution in [0.5, 0.6) is 0 Å². The molecule has 1 N–H and O–H groups in total. The second kappa shape index (κ2) is 5.63. The van der Waals surface area contributed by atoms with Gasteiger partial charge in [-0.05, 0) is 36.6 Å². The van der Waals surface area contributed by atoms with Gasteiger partial charge in [-0.1, -0.05) is 26.0 Å². The number of rotatable bonds is 4. The fraction of sp³-hybridized carbons (Fsp3) is 0.333. The molecule has 1 aromatic heterocycles. The zero-order valence-corrected chi connectivity index (χ0v) is 11.1. The van der Waals surface area contributed by atoms with Crippen LogP contribution < -0.4 is 5.32 Å². The van der Waals surface area contributed by atoms with E-state index in [9.17, 15) is 0 Å². The molecule has 0 saturated heterocycles. The monoisotopic (exact) mass is 241 g/mol. The van der Waals surface area contributed by atoms with E-state index in [1.54, 1.807) is 6.20 Å². The van der Waals surface area contributed by atoms with Gasteiger partial charge in [0.15, 0.2) is 0 Å². The summed E-state index contributed by atoms with van der Waals surface area (Å²) in [5, 5.41) is 3.39. The summed E-state index contributed by atoms with van der Waals surface area (Å²) in [6.07, 6.45) is 1.80. The fourth-order valence-electron chi connectivity index (χ4n) is 1.80. The number of nitrogens with zero attached hydrogens (tertiary/aromatic N) is 2. The van der Waals surface area contributed by atoms with Crippen LogP contribution in [0, 0.1) is 6.92 Å². The Morgan fingerprint density at radius 1 is 1.22 bits per heavy atom. The zero-order valence-electron chi connectivity index (χ0n) is 11.1. The Kier molecular flexibility index (Phi) is 3.92. The summed E-state index contributed by atoms with van der Waals surface area (Å²) in [7, 11) is 0. The number of hydrogen-bond acceptors (Lipinski definition) is 3. The lowest BCUT2D eigenvalue weighted by atomic mass is 10.0. The van der Waals surface area contributed by atoms with Gasteiger partial charge < -0.3 is 5.32 Å². The Labute approximate surface area is 108 Å². The molecule has 0 fully saturated rings. The quantitative estimate of drug-likeness (QED) is 0.890. The summed E-state index contributed by atoms with van der Waals surface area (Å²) < 4.78 is 0. The van der Waals surface area contributed by atoms with E-state index in [1.807, 2.05) is 13.0 Å². The second-order valence-corrected chi connectivity index (χ2v) is 4.73. The molecule has 94 valence electrons. The number of anilines is 1. The Bertz CT molecular complexity index is 521. The maximum Gasteiger partial charge on any atom is 0.125 e. The van der Waals surface area contributed by atoms with Gasteiger partial charge in [0.05, 0.1) is 12.2 Å². The molecule has 2 rings (SSSR count). The molecule has 3 heteroatoms. The number of benzene rings is 1. The summed E-state index contributed by atoms with van der Waals surface area (Å²) in [5.41, 5.74) is 3.49. The van der Waals surface area contributed by atoms with Crippen LogP contribution >= 0.6 is 0 Å². The third-order valence-electron chi connectivity index (χ3n) is 2.86. The van der Waals surface area contributed by atoms with Gasteiger partial charge in [-0.25, -0.2) is 9.97 Å². The van der Waals surface area contributed by atoms with Crippen LogP contribution in [-0.4, -0.2) is 9.97 Å². The molecule has 0 aliphatic rings. The van der Waals surface area contributed by atoms with E-state index in [2.05, 4.69) is 53.4 Å². The van der Waals surface area contributed by atoms with Gasteiger partial charge in [0.1, 0.15) is 5.82 Å². The van der Waals surface area contributed by atoms with Gasteiger partial charge in [-0.15, -0.1) is 0 Å². The van der Waals surface area contributed by atoms with Crippen LogP contribution in [0.2, 0.25) is 0 Å². The first kappa shape index (κ1) is 12.6. The van der Waals surface area contributed by atoms with Crippen molar-refractivity contribution in [1.82, 2.24) is 9.97 Å². The van der Waals surface area contributed by atoms with Crippen LogP contribution in [0.15, 0.2) is 36.5 Å². The van der Waals surface area contributed by atoms with Crippen molar-refractivity contribution in [2.75, 3.05) is 5.32 Å². The van der Waals surface area contributed by atoms with Crippen molar-refractivity contribution in [2.45, 2.75) is 33.2 Å². The molecule has 0 unspecified atom stereocenters. The van der Waals surface area contributed by atoms with Gasteiger partial charge in [0, 0.05) is 11.9 Å². The molecule has 2 aromatic rings. The van der Waals surface area contributed by atoms with Crippen LogP contribution in [-0.2, 0) is 6.54 Å². The fourth-order valence-corrected chi connectivity index (χ4v) is 1.80. The number of aromatic nitrogens is 2. The molecular formula is C15H19N3. The van der Waals surface area contributed by atoms with E-state index in [0.717, 1.165) is 23.8 Å². The SMILES string of the molecule is Cc1nccc(CNc2cccc(C(C)C)c2)n1. The lowest BCUT2D eigenvalue weighted by Crippen LogP contribution is -2.03. The lowest BCUT2D eigenvalue weighted by molar-refractivity contribution is 0.866. The molecule has 1 aromatic carbocycles. The van der Waals surface area contributed by atoms with Crippen molar-refractivity contribution in [3.63, 3.8) is 0 Å². The largest absolute Gasteiger partial charge is 0.379 e. The number of nitrogens with one attached hydrogen (secondary N) is 1. The van der Waals surface area contributed by atoms with E-state index in [1.165, 1.54) is 5.56 Å². The molecule has 3 nitrogen and oxygen atoms in total. The van der Waals surface area contributed by atoms with Crippen LogP contribution in [0.3, 0.4) is 0 Å². The van der Waals surface area contributed by atoms with Crippen molar-refractivity contribution in [2.24, 2.45) is 0 Å². The van der Waals surface area contributed by atoms with Gasteiger partial charge >= 0.3 is 0 Å². The lowest BCUT2D eigenvalue weighted by Gasteiger charge is -2.10. The smallest absolute Gasteiger partial charge is 0.125 e. The van der Waals surface area contributed by atoms with Crippen LogP contribution in [0.1, 0.15) is 36.8 Å². The minimum absolute atomic E-state index is 0.549. The molecule has 0 bridgehead atoms. The predicted octanol–water partition coefficient (Wildman–Crippen LogP) is 3.52. The maximum atomic E-state index is 4.37. The standard InChI is InChI=1S/C15H19N3/c1-11(2)13-5-4-6-14(9-13)17-10-15-7-8-16-12(3)18-15/h4-9,11,17H,10H2,1-3H3. The van der Waals surface area contributed by atoms with Gasteiger partial charge in [0.2, 0.25) is 0 Å². The Morgan fingerprint density at radius 2 is 2.06 bits per heavy atom. The molecule has 0 spiro atoms. The highest BCUT2D eigenvalue weighted by atomic mass is 14.9. The average Bonchev–Trinajstić information content (AvgIpc) is 2.37. The third kappa shape index (κ3) is 3.29. The van der Waals surface area contributed by atoms with Crippen molar-refractivity contribution >= 4 is 5.69 Å². The summed E-state index contributed by atoms with van der Waals surface area (Å²) in [4.78, 5) is 8.47. The van der Waals surface area contributed by atoms with Crippen molar-refractivity contribution in [3.05, 3.63) is 53.6 Å². The highest BCUT2D eigenvalue weighted by molar-refractivity contribution is 5.46. The maximum absolute atomic E-state index is 4.37. The molecule has 0 aliphatic heterocycles. The molecule has 18 heavy (non-hydrogen) atoms. The molecule has 0 radical (unpaired) electrons. The molecule has 1 heterocycles. The van der Waals surface area contributed by atoms with E-state index in [-0.39, 0.29) is 0 Å². The van der Waals surface area contributed by atoms with E-state index < -0.39 is 0 Å². The topological polar surface area (TPSA) is 37.8 Å². The van der Waals surface area contributed by atoms with Crippen LogP contribution in [0.4, 0.5) is 5.69 Å². The predicted molar refractivity (Wildman–Crippen MR) is 74.6 cm³/mol. The summed E-state index contributed by atoms with van der Waals surface area (Å²) in [6, 6.07) is 10.5. The highest BCUT2D eigenvalue weighted by Gasteiger charge is 2.01.